The van der Waals surface area contributed by atoms with Crippen LogP contribution in [-0.4, -0.2) is 69.8 Å². The zero-order valence-corrected chi connectivity index (χ0v) is 16.2. The number of ether oxygens (including phenoxy) is 1. The molecule has 0 aliphatic carbocycles. The molecule has 0 saturated carbocycles. The molecule has 0 aromatic rings. The Labute approximate surface area is 156 Å². The van der Waals surface area contributed by atoms with Crippen LogP contribution in [0.15, 0.2) is 0 Å². The van der Waals surface area contributed by atoms with E-state index in [1.165, 1.54) is 33.1 Å². The van der Waals surface area contributed by atoms with Crippen LogP contribution in [0.25, 0.3) is 5.73 Å². The maximum Gasteiger partial charge on any atom is 1.00 e. The van der Waals surface area contributed by atoms with Crippen molar-refractivity contribution in [2.24, 2.45) is 5.92 Å². The van der Waals surface area contributed by atoms with Crippen LogP contribution in [0.1, 0.15) is 20.3 Å². The summed E-state index contributed by atoms with van der Waals surface area (Å²) in [6.45, 7) is 12.3. The first-order valence-corrected chi connectivity index (χ1v) is 6.67. The van der Waals surface area contributed by atoms with E-state index in [4.69, 9.17) is 10.5 Å². The van der Waals surface area contributed by atoms with Gasteiger partial charge in [0.05, 0.1) is 13.2 Å². The van der Waals surface area contributed by atoms with Crippen molar-refractivity contribution in [1.29, 1.82) is 0 Å². The number of hydrogen-bond acceptors (Lipinski definition) is 3. The van der Waals surface area contributed by atoms with Crippen molar-refractivity contribution < 1.29 is 56.1 Å². The monoisotopic (exact) mass is 283 g/mol. The standard InChI is InChI=1S/C12H26N2O.CH4N.K/c1-12(2)11-13(3)5-4-6-14-7-9-15-10-8-14;1-2;/h12H,4-11H2,1-3H3;2H,1H3;/q;-1;+1. The maximum atomic E-state index is 5.75. The van der Waals surface area contributed by atoms with Gasteiger partial charge in [0.25, 0.3) is 0 Å². The summed E-state index contributed by atoms with van der Waals surface area (Å²) in [6, 6.07) is 0. The number of rotatable bonds is 6. The van der Waals surface area contributed by atoms with Gasteiger partial charge >= 0.3 is 51.4 Å². The van der Waals surface area contributed by atoms with E-state index in [2.05, 4.69) is 30.7 Å². The Bertz CT molecular complexity index is 164. The Hall–Kier alpha value is 1.48. The molecule has 1 saturated heterocycles. The first kappa shape index (κ1) is 21.8. The molecule has 104 valence electrons. The molecule has 0 aromatic carbocycles. The fourth-order valence-corrected chi connectivity index (χ4v) is 2.10. The van der Waals surface area contributed by atoms with E-state index in [9.17, 15) is 0 Å². The van der Waals surface area contributed by atoms with E-state index in [1.54, 1.807) is 0 Å². The van der Waals surface area contributed by atoms with Gasteiger partial charge in [-0.15, -0.1) is 0 Å². The minimum Gasteiger partial charge on any atom is -0.680 e. The van der Waals surface area contributed by atoms with Crippen LogP contribution in [0.5, 0.6) is 0 Å². The molecule has 0 amide bonds. The van der Waals surface area contributed by atoms with E-state index in [-0.39, 0.29) is 51.4 Å². The van der Waals surface area contributed by atoms with Crippen LogP contribution >= 0.6 is 0 Å². The molecule has 0 aromatic heterocycles. The number of hydrogen-bond donors (Lipinski definition) is 0. The quantitative estimate of drug-likeness (QED) is 0.585. The van der Waals surface area contributed by atoms with E-state index >= 15 is 0 Å². The zero-order valence-electron chi connectivity index (χ0n) is 13.0. The van der Waals surface area contributed by atoms with Gasteiger partial charge in [-0.05, 0) is 32.5 Å². The van der Waals surface area contributed by atoms with Crippen LogP contribution in [0, 0.1) is 5.92 Å². The van der Waals surface area contributed by atoms with Crippen LogP contribution in [-0.2, 0) is 4.74 Å². The zero-order chi connectivity index (χ0) is 13.1. The second-order valence-electron chi connectivity index (χ2n) is 4.96. The fraction of sp³-hybridized carbons (Fsp3) is 1.00. The molecule has 0 atom stereocenters. The predicted octanol–water partition coefficient (Wildman–Crippen LogP) is -1.03. The molecule has 18 heavy (non-hydrogen) atoms. The van der Waals surface area contributed by atoms with Crippen LogP contribution in [0.2, 0.25) is 0 Å². The van der Waals surface area contributed by atoms with Crippen molar-refractivity contribution in [3.8, 4) is 0 Å². The van der Waals surface area contributed by atoms with Gasteiger partial charge in [0.1, 0.15) is 0 Å². The van der Waals surface area contributed by atoms with Crippen LogP contribution < -0.4 is 51.4 Å². The van der Waals surface area contributed by atoms with Gasteiger partial charge in [-0.2, -0.15) is 7.05 Å². The van der Waals surface area contributed by atoms with Crippen molar-refractivity contribution in [2.75, 3.05) is 60.0 Å². The predicted molar refractivity (Wildman–Crippen MR) is 74.5 cm³/mol. The molecular formula is C13H30KN3O. The molecule has 4 nitrogen and oxygen atoms in total. The smallest absolute Gasteiger partial charge is 0.680 e. The van der Waals surface area contributed by atoms with Crippen molar-refractivity contribution in [2.45, 2.75) is 20.3 Å². The third kappa shape index (κ3) is 12.5. The topological polar surface area (TPSA) is 39.5 Å². The summed E-state index contributed by atoms with van der Waals surface area (Å²) in [4.78, 5) is 4.94. The summed E-state index contributed by atoms with van der Waals surface area (Å²) < 4.78 is 5.33. The van der Waals surface area contributed by atoms with Gasteiger partial charge in [-0.3, -0.25) is 4.90 Å². The third-order valence-corrected chi connectivity index (χ3v) is 2.79. The van der Waals surface area contributed by atoms with E-state index in [0.717, 1.165) is 32.2 Å². The van der Waals surface area contributed by atoms with Gasteiger partial charge in [-0.25, -0.2) is 0 Å². The van der Waals surface area contributed by atoms with Crippen LogP contribution in [0.3, 0.4) is 0 Å². The molecule has 1 rings (SSSR count). The van der Waals surface area contributed by atoms with Crippen molar-refractivity contribution in [3.05, 3.63) is 5.73 Å². The average molecular weight is 284 g/mol. The normalized spacial score (nSPS) is 16.2. The Morgan fingerprint density at radius 3 is 2.28 bits per heavy atom. The number of morpholine rings is 1. The molecule has 0 spiro atoms. The molecule has 1 heterocycles. The van der Waals surface area contributed by atoms with Crippen molar-refractivity contribution in [3.63, 3.8) is 0 Å². The minimum atomic E-state index is 0. The summed E-state index contributed by atoms with van der Waals surface area (Å²) >= 11 is 0. The first-order valence-electron chi connectivity index (χ1n) is 6.67. The Kier molecular flexibility index (Phi) is 18.0. The summed E-state index contributed by atoms with van der Waals surface area (Å²) in [7, 11) is 3.47. The second kappa shape index (κ2) is 14.9. The minimum absolute atomic E-state index is 0. The average Bonchev–Trinajstić information content (AvgIpc) is 2.32. The maximum absolute atomic E-state index is 5.75. The Morgan fingerprint density at radius 2 is 1.78 bits per heavy atom. The fourth-order valence-electron chi connectivity index (χ4n) is 2.10. The molecule has 1 aliphatic heterocycles. The summed E-state index contributed by atoms with van der Waals surface area (Å²) in [5, 5.41) is 0. The number of nitrogens with one attached hydrogen (secondary N) is 1. The molecule has 1 N–H and O–H groups in total. The van der Waals surface area contributed by atoms with Gasteiger partial charge in [0.15, 0.2) is 0 Å². The van der Waals surface area contributed by atoms with Crippen LogP contribution in [0.4, 0.5) is 0 Å². The van der Waals surface area contributed by atoms with Crippen molar-refractivity contribution in [1.82, 2.24) is 9.80 Å². The van der Waals surface area contributed by atoms with E-state index < -0.39 is 0 Å². The van der Waals surface area contributed by atoms with Crippen molar-refractivity contribution >= 4 is 0 Å². The third-order valence-electron chi connectivity index (χ3n) is 2.79. The Morgan fingerprint density at radius 1 is 1.22 bits per heavy atom. The SMILES string of the molecule is CC(C)CN(C)CCCN1CCOCC1.C[NH-].[K+]. The molecule has 1 fully saturated rings. The molecular weight excluding hydrogens is 253 g/mol. The largest absolute Gasteiger partial charge is 1.00 e. The molecule has 5 heteroatoms. The van der Waals surface area contributed by atoms with Gasteiger partial charge in [0.2, 0.25) is 0 Å². The second-order valence-corrected chi connectivity index (χ2v) is 4.96. The molecule has 0 bridgehead atoms. The summed E-state index contributed by atoms with van der Waals surface area (Å²) in [6.07, 6.45) is 1.28. The molecule has 0 radical (unpaired) electrons. The van der Waals surface area contributed by atoms with Gasteiger partial charge in [-0.1, -0.05) is 13.8 Å². The molecule has 0 unspecified atom stereocenters. The number of nitrogens with zero attached hydrogens (tertiary/aromatic N) is 2. The Balaban J connectivity index is 0. The van der Waals surface area contributed by atoms with Gasteiger partial charge < -0.3 is 15.4 Å². The summed E-state index contributed by atoms with van der Waals surface area (Å²) in [5.41, 5.74) is 5.75. The van der Waals surface area contributed by atoms with E-state index in [1.807, 2.05) is 0 Å². The first-order chi connectivity index (χ1) is 8.18. The summed E-state index contributed by atoms with van der Waals surface area (Å²) in [5.74, 6) is 0.776. The van der Waals surface area contributed by atoms with E-state index in [0.29, 0.717) is 0 Å². The molecule has 1 aliphatic rings. The van der Waals surface area contributed by atoms with Gasteiger partial charge in [0, 0.05) is 19.6 Å².